The lowest BCUT2D eigenvalue weighted by atomic mass is 10.2. The molecule has 1 saturated heterocycles. The van der Waals surface area contributed by atoms with Gasteiger partial charge in [-0.2, -0.15) is 9.03 Å². The third-order valence-electron chi connectivity index (χ3n) is 5.48. The van der Waals surface area contributed by atoms with Crippen LogP contribution in [0, 0.1) is 0 Å². The number of carbonyl (C=O) groups excluding carboxylic acids is 1. The van der Waals surface area contributed by atoms with Gasteiger partial charge in [0.05, 0.1) is 30.1 Å². The molecule has 1 unspecified atom stereocenters. The van der Waals surface area contributed by atoms with Crippen molar-refractivity contribution in [3.63, 3.8) is 0 Å². The summed E-state index contributed by atoms with van der Waals surface area (Å²) in [7, 11) is -4.66. The van der Waals surface area contributed by atoms with E-state index in [0.29, 0.717) is 24.4 Å². The predicted molar refractivity (Wildman–Crippen MR) is 126 cm³/mol. The minimum Gasteiger partial charge on any atom is -0.493 e. The lowest BCUT2D eigenvalue weighted by Gasteiger charge is -2.16. The van der Waals surface area contributed by atoms with Gasteiger partial charge in [0.1, 0.15) is 0 Å². The van der Waals surface area contributed by atoms with E-state index in [9.17, 15) is 21.6 Å². The van der Waals surface area contributed by atoms with Crippen LogP contribution in [0.2, 0.25) is 0 Å². The van der Waals surface area contributed by atoms with E-state index < -0.39 is 32.0 Å². The van der Waals surface area contributed by atoms with Crippen LogP contribution in [0.4, 0.5) is 0 Å². The van der Waals surface area contributed by atoms with Gasteiger partial charge in [0, 0.05) is 25.7 Å². The summed E-state index contributed by atoms with van der Waals surface area (Å²) in [5, 5.41) is 2.66. The molecule has 2 aromatic rings. The Balaban J connectivity index is 1.59. The number of carbonyl (C=O) groups is 1. The molecule has 1 aliphatic heterocycles. The van der Waals surface area contributed by atoms with Crippen LogP contribution in [0.1, 0.15) is 25.3 Å². The number of amides is 1. The summed E-state index contributed by atoms with van der Waals surface area (Å²) in [6.45, 7) is 2.60. The molecule has 0 aromatic heterocycles. The van der Waals surface area contributed by atoms with Gasteiger partial charge in [0.2, 0.25) is 26.0 Å². The maximum absolute atomic E-state index is 12.7. The molecule has 1 atom stereocenters. The molecular weight excluding hydrogens is 482 g/mol. The second-order valence-electron chi connectivity index (χ2n) is 7.83. The quantitative estimate of drug-likeness (QED) is 0.494. The number of hydrogen-bond acceptors (Lipinski definition) is 7. The second kappa shape index (κ2) is 10.7. The van der Waals surface area contributed by atoms with Crippen LogP contribution in [0.15, 0.2) is 52.3 Å². The van der Waals surface area contributed by atoms with E-state index in [0.717, 1.165) is 12.8 Å². The summed E-state index contributed by atoms with van der Waals surface area (Å²) in [5.41, 5.74) is 0.684. The van der Waals surface area contributed by atoms with Crippen molar-refractivity contribution < 1.29 is 31.1 Å². The fourth-order valence-corrected chi connectivity index (χ4v) is 6.27. The molecule has 1 aliphatic rings. The fourth-order valence-electron chi connectivity index (χ4n) is 3.54. The van der Waals surface area contributed by atoms with Gasteiger partial charge in [0.15, 0.2) is 11.5 Å². The first kappa shape index (κ1) is 25.9. The van der Waals surface area contributed by atoms with E-state index in [2.05, 4.69) is 10.0 Å². The van der Waals surface area contributed by atoms with Crippen molar-refractivity contribution in [2.45, 2.75) is 42.1 Å². The number of benzene rings is 2. The first-order valence-electron chi connectivity index (χ1n) is 10.7. The number of nitrogens with one attached hydrogen (secondary N) is 2. The molecule has 0 radical (unpaired) electrons. The molecule has 186 valence electrons. The van der Waals surface area contributed by atoms with Gasteiger partial charge in [-0.15, -0.1) is 0 Å². The minimum atomic E-state index is -3.99. The standard InChI is InChI=1S/C22H29N3O7S2/c1-16(24-33(27,28)19-10-11-20(31-2)21(14-19)32-3)22(26)23-15-17-6-8-18(9-7-17)34(29,30)25-12-4-5-13-25/h6-11,14,16,24H,4-5,12-13,15H2,1-3H3,(H,23,26). The zero-order valence-corrected chi connectivity index (χ0v) is 20.9. The van der Waals surface area contributed by atoms with Crippen LogP contribution < -0.4 is 19.5 Å². The molecule has 0 bridgehead atoms. The highest BCUT2D eigenvalue weighted by Crippen LogP contribution is 2.29. The largest absolute Gasteiger partial charge is 0.493 e. The Morgan fingerprint density at radius 3 is 2.12 bits per heavy atom. The van der Waals surface area contributed by atoms with Crippen molar-refractivity contribution in [1.82, 2.24) is 14.3 Å². The van der Waals surface area contributed by atoms with Crippen molar-refractivity contribution in [2.24, 2.45) is 0 Å². The molecule has 34 heavy (non-hydrogen) atoms. The molecule has 10 nitrogen and oxygen atoms in total. The Hall–Kier alpha value is -2.67. The van der Waals surface area contributed by atoms with E-state index in [1.54, 1.807) is 12.1 Å². The molecule has 0 saturated carbocycles. The van der Waals surface area contributed by atoms with Crippen LogP contribution in [-0.4, -0.2) is 60.4 Å². The Morgan fingerprint density at radius 2 is 1.53 bits per heavy atom. The number of rotatable bonds is 10. The predicted octanol–water partition coefficient (Wildman–Crippen LogP) is 1.47. The third-order valence-corrected chi connectivity index (χ3v) is 8.93. The van der Waals surface area contributed by atoms with E-state index in [-0.39, 0.29) is 22.1 Å². The Bertz CT molecular complexity index is 1220. The molecule has 0 spiro atoms. The van der Waals surface area contributed by atoms with Crippen molar-refractivity contribution in [3.8, 4) is 11.5 Å². The third kappa shape index (κ3) is 5.87. The normalized spacial score (nSPS) is 15.6. The monoisotopic (exact) mass is 511 g/mol. The van der Waals surface area contributed by atoms with Crippen LogP contribution in [0.25, 0.3) is 0 Å². The molecule has 12 heteroatoms. The van der Waals surface area contributed by atoms with Crippen molar-refractivity contribution in [3.05, 3.63) is 48.0 Å². The maximum Gasteiger partial charge on any atom is 0.243 e. The van der Waals surface area contributed by atoms with E-state index in [1.807, 2.05) is 0 Å². The minimum absolute atomic E-state index is 0.0698. The molecule has 3 rings (SSSR count). The van der Waals surface area contributed by atoms with Crippen molar-refractivity contribution in [2.75, 3.05) is 27.3 Å². The SMILES string of the molecule is COc1ccc(S(=O)(=O)NC(C)C(=O)NCc2ccc(S(=O)(=O)N3CCCC3)cc2)cc1OC. The summed E-state index contributed by atoms with van der Waals surface area (Å²) in [5.74, 6) is 0.0991. The molecule has 1 fully saturated rings. The summed E-state index contributed by atoms with van der Waals surface area (Å²) >= 11 is 0. The molecule has 0 aliphatic carbocycles. The Labute approximate surface area is 200 Å². The molecule has 1 heterocycles. The van der Waals surface area contributed by atoms with Gasteiger partial charge >= 0.3 is 0 Å². The number of ether oxygens (including phenoxy) is 2. The molecule has 1 amide bonds. The van der Waals surface area contributed by atoms with Gasteiger partial charge in [-0.05, 0) is 49.6 Å². The molecule has 2 N–H and O–H groups in total. The van der Waals surface area contributed by atoms with Crippen LogP contribution in [0.3, 0.4) is 0 Å². The summed E-state index contributed by atoms with van der Waals surface area (Å²) in [4.78, 5) is 12.6. The number of hydrogen-bond donors (Lipinski definition) is 2. The Kier molecular flexibility index (Phi) is 8.18. The Morgan fingerprint density at radius 1 is 0.941 bits per heavy atom. The number of nitrogens with zero attached hydrogens (tertiary/aromatic N) is 1. The second-order valence-corrected chi connectivity index (χ2v) is 11.5. The molecule has 2 aromatic carbocycles. The van der Waals surface area contributed by atoms with E-state index in [4.69, 9.17) is 9.47 Å². The number of methoxy groups -OCH3 is 2. The van der Waals surface area contributed by atoms with Crippen LogP contribution >= 0.6 is 0 Å². The zero-order valence-electron chi connectivity index (χ0n) is 19.3. The smallest absolute Gasteiger partial charge is 0.243 e. The highest BCUT2D eigenvalue weighted by Gasteiger charge is 2.27. The highest BCUT2D eigenvalue weighted by molar-refractivity contribution is 7.89. The topological polar surface area (TPSA) is 131 Å². The van der Waals surface area contributed by atoms with Crippen LogP contribution in [-0.2, 0) is 31.4 Å². The van der Waals surface area contributed by atoms with E-state index in [1.165, 1.54) is 55.8 Å². The van der Waals surface area contributed by atoms with Crippen molar-refractivity contribution in [1.29, 1.82) is 0 Å². The summed E-state index contributed by atoms with van der Waals surface area (Å²) < 4.78 is 64.6. The average Bonchev–Trinajstić information content (AvgIpc) is 3.38. The van der Waals surface area contributed by atoms with Gasteiger partial charge in [0.25, 0.3) is 0 Å². The van der Waals surface area contributed by atoms with E-state index >= 15 is 0 Å². The van der Waals surface area contributed by atoms with Crippen LogP contribution in [0.5, 0.6) is 11.5 Å². The number of sulfonamides is 2. The first-order chi connectivity index (χ1) is 16.1. The van der Waals surface area contributed by atoms with Gasteiger partial charge in [-0.3, -0.25) is 4.79 Å². The highest BCUT2D eigenvalue weighted by atomic mass is 32.2. The summed E-state index contributed by atoms with van der Waals surface area (Å²) in [6, 6.07) is 9.36. The van der Waals surface area contributed by atoms with Gasteiger partial charge < -0.3 is 14.8 Å². The lowest BCUT2D eigenvalue weighted by Crippen LogP contribution is -2.44. The van der Waals surface area contributed by atoms with Crippen molar-refractivity contribution >= 4 is 26.0 Å². The van der Waals surface area contributed by atoms with Gasteiger partial charge in [-0.1, -0.05) is 12.1 Å². The lowest BCUT2D eigenvalue weighted by molar-refractivity contribution is -0.122. The fraction of sp³-hybridized carbons (Fsp3) is 0.409. The maximum atomic E-state index is 12.7. The van der Waals surface area contributed by atoms with Gasteiger partial charge in [-0.25, -0.2) is 16.8 Å². The molecular formula is C22H29N3O7S2. The average molecular weight is 512 g/mol. The first-order valence-corrected chi connectivity index (χ1v) is 13.6. The summed E-state index contributed by atoms with van der Waals surface area (Å²) in [6.07, 6.45) is 1.72. The zero-order chi connectivity index (χ0) is 24.9.